The van der Waals surface area contributed by atoms with E-state index in [-0.39, 0.29) is 11.9 Å². The molecule has 1 aliphatic rings. The van der Waals surface area contributed by atoms with E-state index in [2.05, 4.69) is 15.1 Å². The number of hydrogen-bond acceptors (Lipinski definition) is 4. The fourth-order valence-corrected chi connectivity index (χ4v) is 2.07. The van der Waals surface area contributed by atoms with Gasteiger partial charge in [-0.1, -0.05) is 0 Å². The normalized spacial score (nSPS) is 22.1. The van der Waals surface area contributed by atoms with E-state index < -0.39 is 0 Å². The van der Waals surface area contributed by atoms with E-state index in [1.165, 1.54) is 12.3 Å². The number of nitrogens with zero attached hydrogens (tertiary/aromatic N) is 4. The summed E-state index contributed by atoms with van der Waals surface area (Å²) in [6.45, 7) is 2.13. The van der Waals surface area contributed by atoms with Gasteiger partial charge in [0.2, 0.25) is 0 Å². The van der Waals surface area contributed by atoms with Crippen molar-refractivity contribution in [1.82, 2.24) is 19.5 Å². The van der Waals surface area contributed by atoms with Crippen LogP contribution >= 0.6 is 0 Å². The summed E-state index contributed by atoms with van der Waals surface area (Å²) in [5, 5.41) is 8.17. The van der Waals surface area contributed by atoms with Crippen molar-refractivity contribution in [3.05, 3.63) is 30.0 Å². The molecule has 1 atom stereocenters. The Hall–Kier alpha value is -1.53. The number of ether oxygens (including phenoxy) is 1. The Bertz CT molecular complexity index is 541. The molecule has 3 rings (SSSR count). The average molecular weight is 236 g/mol. The van der Waals surface area contributed by atoms with Crippen molar-refractivity contribution in [2.75, 3.05) is 26.8 Å². The summed E-state index contributed by atoms with van der Waals surface area (Å²) in [5.41, 5.74) is 0.653. The zero-order valence-electron chi connectivity index (χ0n) is 9.51. The molecule has 6 heteroatoms. The minimum atomic E-state index is -0.294. The van der Waals surface area contributed by atoms with Crippen LogP contribution in [0.1, 0.15) is 11.9 Å². The molecule has 0 aromatic carbocycles. The molecule has 2 aromatic rings. The molecule has 0 bridgehead atoms. The maximum atomic E-state index is 13.2. The molecule has 0 saturated carbocycles. The molecule has 5 nitrogen and oxygen atoms in total. The fraction of sp³-hybridized carbons (Fsp3) is 0.455. The Balaban J connectivity index is 2.07. The van der Waals surface area contributed by atoms with Gasteiger partial charge in [-0.25, -0.2) is 4.39 Å². The molecular formula is C11H13FN4O. The molecule has 1 fully saturated rings. The second kappa shape index (κ2) is 4.05. The van der Waals surface area contributed by atoms with Crippen molar-refractivity contribution in [3.63, 3.8) is 0 Å². The minimum absolute atomic E-state index is 0.0283. The molecule has 0 spiro atoms. The SMILES string of the molecule is CN1CCOC[C@H]1c1nnc2ccc(F)cn12. The van der Waals surface area contributed by atoms with Crippen molar-refractivity contribution in [1.29, 1.82) is 0 Å². The van der Waals surface area contributed by atoms with Crippen molar-refractivity contribution in [3.8, 4) is 0 Å². The standard InChI is InChI=1S/C11H13FN4O/c1-15-4-5-17-7-9(15)11-14-13-10-3-2-8(12)6-16(10)11/h2-3,6,9H,4-5,7H2,1H3/t9-/m0/s1. The highest BCUT2D eigenvalue weighted by molar-refractivity contribution is 5.38. The monoisotopic (exact) mass is 236 g/mol. The van der Waals surface area contributed by atoms with Crippen LogP contribution in [0.15, 0.2) is 18.3 Å². The summed E-state index contributed by atoms with van der Waals surface area (Å²) < 4.78 is 20.4. The molecule has 2 aromatic heterocycles. The number of rotatable bonds is 1. The third-order valence-electron chi connectivity index (χ3n) is 3.09. The van der Waals surface area contributed by atoms with E-state index in [0.717, 1.165) is 19.0 Å². The first-order valence-corrected chi connectivity index (χ1v) is 5.54. The van der Waals surface area contributed by atoms with Gasteiger partial charge in [-0.15, -0.1) is 10.2 Å². The van der Waals surface area contributed by atoms with Gasteiger partial charge in [0.15, 0.2) is 11.5 Å². The summed E-state index contributed by atoms with van der Waals surface area (Å²) in [6.07, 6.45) is 1.41. The molecule has 1 saturated heterocycles. The third-order valence-corrected chi connectivity index (χ3v) is 3.09. The lowest BCUT2D eigenvalue weighted by atomic mass is 10.2. The van der Waals surface area contributed by atoms with Crippen LogP contribution in [-0.4, -0.2) is 46.3 Å². The van der Waals surface area contributed by atoms with E-state index in [1.807, 2.05) is 7.05 Å². The second-order valence-corrected chi connectivity index (χ2v) is 4.21. The van der Waals surface area contributed by atoms with Gasteiger partial charge >= 0.3 is 0 Å². The average Bonchev–Trinajstić information content (AvgIpc) is 2.72. The highest BCUT2D eigenvalue weighted by Crippen LogP contribution is 2.21. The maximum absolute atomic E-state index is 13.2. The van der Waals surface area contributed by atoms with E-state index in [1.54, 1.807) is 10.5 Å². The van der Waals surface area contributed by atoms with E-state index in [0.29, 0.717) is 12.3 Å². The van der Waals surface area contributed by atoms with Crippen LogP contribution < -0.4 is 0 Å². The Kier molecular flexibility index (Phi) is 2.53. The van der Waals surface area contributed by atoms with Crippen molar-refractivity contribution in [2.24, 2.45) is 0 Å². The van der Waals surface area contributed by atoms with Crippen LogP contribution in [0.25, 0.3) is 5.65 Å². The van der Waals surface area contributed by atoms with Crippen LogP contribution in [0.5, 0.6) is 0 Å². The van der Waals surface area contributed by atoms with Crippen LogP contribution in [-0.2, 0) is 4.74 Å². The van der Waals surface area contributed by atoms with Gasteiger partial charge in [0.1, 0.15) is 5.82 Å². The van der Waals surface area contributed by atoms with Crippen molar-refractivity contribution in [2.45, 2.75) is 6.04 Å². The lowest BCUT2D eigenvalue weighted by Gasteiger charge is -2.30. The first-order valence-electron chi connectivity index (χ1n) is 5.54. The number of halogens is 1. The molecule has 3 heterocycles. The molecule has 0 radical (unpaired) electrons. The van der Waals surface area contributed by atoms with Crippen LogP contribution in [0.4, 0.5) is 4.39 Å². The largest absolute Gasteiger partial charge is 0.378 e. The molecular weight excluding hydrogens is 223 g/mol. The van der Waals surface area contributed by atoms with Gasteiger partial charge in [-0.05, 0) is 19.2 Å². The summed E-state index contributed by atoms with van der Waals surface area (Å²) >= 11 is 0. The van der Waals surface area contributed by atoms with E-state index >= 15 is 0 Å². The number of morpholine rings is 1. The molecule has 0 unspecified atom stereocenters. The molecule has 0 amide bonds. The first-order chi connectivity index (χ1) is 8.25. The highest BCUT2D eigenvalue weighted by Gasteiger charge is 2.25. The summed E-state index contributed by atoms with van der Waals surface area (Å²) in [6, 6.07) is 3.03. The predicted molar refractivity (Wildman–Crippen MR) is 59.1 cm³/mol. The Labute approximate surface area is 97.8 Å². The summed E-state index contributed by atoms with van der Waals surface area (Å²) in [4.78, 5) is 2.14. The summed E-state index contributed by atoms with van der Waals surface area (Å²) in [5.74, 6) is 0.430. The Morgan fingerprint density at radius 3 is 3.12 bits per heavy atom. The van der Waals surface area contributed by atoms with Gasteiger partial charge in [-0.3, -0.25) is 9.30 Å². The lowest BCUT2D eigenvalue weighted by molar-refractivity contribution is 0.00145. The number of fused-ring (bicyclic) bond motifs is 1. The van der Waals surface area contributed by atoms with Crippen LogP contribution in [0.2, 0.25) is 0 Å². The van der Waals surface area contributed by atoms with Crippen LogP contribution in [0.3, 0.4) is 0 Å². The molecule has 1 aliphatic heterocycles. The topological polar surface area (TPSA) is 42.7 Å². The van der Waals surface area contributed by atoms with Gasteiger partial charge in [0, 0.05) is 12.7 Å². The quantitative estimate of drug-likeness (QED) is 0.737. The van der Waals surface area contributed by atoms with Crippen LogP contribution in [0, 0.1) is 5.82 Å². The lowest BCUT2D eigenvalue weighted by Crippen LogP contribution is -2.37. The predicted octanol–water partition coefficient (Wildman–Crippen LogP) is 0.871. The number of aromatic nitrogens is 3. The smallest absolute Gasteiger partial charge is 0.160 e. The number of pyridine rings is 1. The molecule has 90 valence electrons. The maximum Gasteiger partial charge on any atom is 0.160 e. The van der Waals surface area contributed by atoms with Gasteiger partial charge < -0.3 is 4.74 Å². The van der Waals surface area contributed by atoms with Gasteiger partial charge in [0.05, 0.1) is 19.3 Å². The number of likely N-dealkylation sites (N-methyl/N-ethyl adjacent to an activating group) is 1. The highest BCUT2D eigenvalue weighted by atomic mass is 19.1. The second-order valence-electron chi connectivity index (χ2n) is 4.21. The molecule has 0 N–H and O–H groups in total. The number of hydrogen-bond donors (Lipinski definition) is 0. The van der Waals surface area contributed by atoms with E-state index in [4.69, 9.17) is 4.74 Å². The van der Waals surface area contributed by atoms with Crippen molar-refractivity contribution < 1.29 is 9.13 Å². The molecule has 17 heavy (non-hydrogen) atoms. The Morgan fingerprint density at radius 1 is 1.41 bits per heavy atom. The van der Waals surface area contributed by atoms with Crippen molar-refractivity contribution >= 4 is 5.65 Å². The first kappa shape index (κ1) is 10.6. The molecule has 0 aliphatic carbocycles. The zero-order chi connectivity index (χ0) is 11.8. The summed E-state index contributed by atoms with van der Waals surface area (Å²) in [7, 11) is 2.01. The van der Waals surface area contributed by atoms with Gasteiger partial charge in [0.25, 0.3) is 0 Å². The zero-order valence-corrected chi connectivity index (χ0v) is 9.51. The minimum Gasteiger partial charge on any atom is -0.378 e. The van der Waals surface area contributed by atoms with Gasteiger partial charge in [-0.2, -0.15) is 0 Å². The fourth-order valence-electron chi connectivity index (χ4n) is 2.07. The van der Waals surface area contributed by atoms with E-state index in [9.17, 15) is 4.39 Å². The third kappa shape index (κ3) is 1.79. The Morgan fingerprint density at radius 2 is 2.29 bits per heavy atom.